The topological polar surface area (TPSA) is 61.4 Å². The summed E-state index contributed by atoms with van der Waals surface area (Å²) in [7, 11) is 0. The van der Waals surface area contributed by atoms with Gasteiger partial charge in [0.2, 0.25) is 5.91 Å². The lowest BCUT2D eigenvalue weighted by Gasteiger charge is -2.30. The smallest absolute Gasteiger partial charge is 0.253 e. The molecule has 1 heterocycles. The Morgan fingerprint density at radius 3 is 2.63 bits per heavy atom. The number of unbranched alkanes of at least 4 members (excludes halogenated alkanes) is 3. The van der Waals surface area contributed by atoms with Crippen molar-refractivity contribution in [3.05, 3.63) is 29.8 Å². The first-order valence-corrected chi connectivity index (χ1v) is 10.4. The number of hydrogen-bond donors (Lipinski definition) is 2. The predicted octanol–water partition coefficient (Wildman–Crippen LogP) is 4.34. The predicted molar refractivity (Wildman–Crippen MR) is 114 cm³/mol. The van der Waals surface area contributed by atoms with E-state index in [1.54, 1.807) is 6.07 Å². The van der Waals surface area contributed by atoms with Gasteiger partial charge in [-0.2, -0.15) is 0 Å². The van der Waals surface area contributed by atoms with Crippen LogP contribution in [0, 0.1) is 5.92 Å². The summed E-state index contributed by atoms with van der Waals surface area (Å²) in [6, 6.07) is 7.28. The molecule has 0 atom stereocenters. The van der Waals surface area contributed by atoms with E-state index in [-0.39, 0.29) is 16.9 Å². The van der Waals surface area contributed by atoms with Gasteiger partial charge in [0, 0.05) is 30.8 Å². The minimum atomic E-state index is -0.0710. The summed E-state index contributed by atoms with van der Waals surface area (Å²) in [6.07, 6.45) is 6.81. The van der Waals surface area contributed by atoms with E-state index in [0.717, 1.165) is 51.6 Å². The highest BCUT2D eigenvalue weighted by Gasteiger charge is 2.21. The van der Waals surface area contributed by atoms with Crippen LogP contribution in [-0.4, -0.2) is 34.9 Å². The number of benzene rings is 1. The maximum absolute atomic E-state index is 12.7. The molecule has 0 aliphatic carbocycles. The largest absolute Gasteiger partial charge is 0.339 e. The Kier molecular flexibility index (Phi) is 8.72. The minimum absolute atomic E-state index is 0.0522. The number of piperidine rings is 1. The first kappa shape index (κ1) is 21.4. The van der Waals surface area contributed by atoms with E-state index in [4.69, 9.17) is 12.2 Å². The second-order valence-electron chi connectivity index (χ2n) is 7.37. The fourth-order valence-corrected chi connectivity index (χ4v) is 3.42. The van der Waals surface area contributed by atoms with Crippen LogP contribution in [0.5, 0.6) is 0 Å². The molecule has 1 fully saturated rings. The molecule has 0 saturated carbocycles. The van der Waals surface area contributed by atoms with Gasteiger partial charge in [-0.05, 0) is 55.6 Å². The first-order valence-electron chi connectivity index (χ1n) is 9.99. The zero-order chi connectivity index (χ0) is 19.6. The Hall–Kier alpha value is -1.95. The average molecular weight is 390 g/mol. The van der Waals surface area contributed by atoms with Crippen molar-refractivity contribution >= 4 is 34.8 Å². The molecule has 1 aliphatic rings. The summed E-state index contributed by atoms with van der Waals surface area (Å²) in [4.78, 5) is 26.5. The molecule has 0 spiro atoms. The van der Waals surface area contributed by atoms with Crippen LogP contribution in [0.3, 0.4) is 0 Å². The molecule has 0 bridgehead atoms. The lowest BCUT2D eigenvalue weighted by molar-refractivity contribution is -0.119. The van der Waals surface area contributed by atoms with Crippen LogP contribution in [-0.2, 0) is 4.79 Å². The summed E-state index contributed by atoms with van der Waals surface area (Å²) < 4.78 is 0. The molecule has 0 radical (unpaired) electrons. The van der Waals surface area contributed by atoms with Crippen LogP contribution in [0.4, 0.5) is 5.69 Å². The molecular weight excluding hydrogens is 358 g/mol. The van der Waals surface area contributed by atoms with E-state index in [9.17, 15) is 9.59 Å². The van der Waals surface area contributed by atoms with Gasteiger partial charge in [-0.1, -0.05) is 39.2 Å². The number of rotatable bonds is 7. The number of thiocarbonyl (C=S) groups is 1. The number of carbonyl (C=O) groups is 2. The number of nitrogens with one attached hydrogen (secondary N) is 2. The summed E-state index contributed by atoms with van der Waals surface area (Å²) in [5.74, 6) is 0.666. The summed E-state index contributed by atoms with van der Waals surface area (Å²) >= 11 is 5.22. The number of carbonyl (C=O) groups excluding carboxylic acids is 2. The number of amides is 2. The Morgan fingerprint density at radius 1 is 1.19 bits per heavy atom. The van der Waals surface area contributed by atoms with Crippen LogP contribution in [0.2, 0.25) is 0 Å². The fourth-order valence-electron chi connectivity index (χ4n) is 3.19. The van der Waals surface area contributed by atoms with Crippen molar-refractivity contribution in [2.75, 3.05) is 18.4 Å². The van der Waals surface area contributed by atoms with E-state index in [1.165, 1.54) is 0 Å². The van der Waals surface area contributed by atoms with Gasteiger partial charge in [-0.15, -0.1) is 0 Å². The van der Waals surface area contributed by atoms with Gasteiger partial charge in [0.1, 0.15) is 0 Å². The molecule has 6 heteroatoms. The van der Waals surface area contributed by atoms with Crippen LogP contribution < -0.4 is 10.6 Å². The molecule has 2 rings (SSSR count). The van der Waals surface area contributed by atoms with Gasteiger partial charge in [-0.3, -0.25) is 9.59 Å². The van der Waals surface area contributed by atoms with Crippen molar-refractivity contribution in [1.82, 2.24) is 10.2 Å². The lowest BCUT2D eigenvalue weighted by atomic mass is 9.98. The van der Waals surface area contributed by atoms with Crippen LogP contribution >= 0.6 is 12.2 Å². The van der Waals surface area contributed by atoms with E-state index < -0.39 is 0 Å². The third-order valence-corrected chi connectivity index (χ3v) is 5.15. The molecule has 27 heavy (non-hydrogen) atoms. The van der Waals surface area contributed by atoms with Crippen LogP contribution in [0.25, 0.3) is 0 Å². The van der Waals surface area contributed by atoms with Gasteiger partial charge in [0.05, 0.1) is 0 Å². The summed E-state index contributed by atoms with van der Waals surface area (Å²) in [5, 5.41) is 5.99. The van der Waals surface area contributed by atoms with Gasteiger partial charge >= 0.3 is 0 Å². The highest BCUT2D eigenvalue weighted by atomic mass is 32.1. The second kappa shape index (κ2) is 11.0. The highest BCUT2D eigenvalue weighted by Crippen LogP contribution is 2.19. The molecule has 2 N–H and O–H groups in total. The Labute approximate surface area is 167 Å². The third kappa shape index (κ3) is 7.29. The van der Waals surface area contributed by atoms with Crippen LogP contribution in [0.15, 0.2) is 24.3 Å². The Bertz CT molecular complexity index is 655. The van der Waals surface area contributed by atoms with E-state index in [0.29, 0.717) is 23.6 Å². The molecule has 0 unspecified atom stereocenters. The van der Waals surface area contributed by atoms with E-state index in [1.807, 2.05) is 23.1 Å². The highest BCUT2D eigenvalue weighted by molar-refractivity contribution is 7.80. The third-order valence-electron chi connectivity index (χ3n) is 4.95. The maximum Gasteiger partial charge on any atom is 0.253 e. The van der Waals surface area contributed by atoms with Crippen LogP contribution in [0.1, 0.15) is 69.2 Å². The number of hydrogen-bond acceptors (Lipinski definition) is 3. The molecule has 1 aliphatic heterocycles. The molecule has 0 aromatic heterocycles. The molecule has 148 valence electrons. The monoisotopic (exact) mass is 389 g/mol. The van der Waals surface area contributed by atoms with Gasteiger partial charge in [-0.25, -0.2) is 0 Å². The van der Waals surface area contributed by atoms with Crippen molar-refractivity contribution in [3.8, 4) is 0 Å². The van der Waals surface area contributed by atoms with Gasteiger partial charge < -0.3 is 15.5 Å². The minimum Gasteiger partial charge on any atom is -0.339 e. The van der Waals surface area contributed by atoms with Crippen molar-refractivity contribution in [2.24, 2.45) is 5.92 Å². The quantitative estimate of drug-likeness (QED) is 0.538. The Balaban J connectivity index is 1.84. The fraction of sp³-hybridized carbons (Fsp3) is 0.571. The number of likely N-dealkylation sites (tertiary alicyclic amines) is 1. The standard InChI is InChI=1S/C21H31N3O2S/c1-3-4-5-6-10-19(25)23-21(27)22-18-9-7-8-17(15-18)20(26)24-13-11-16(2)12-14-24/h7-9,15-16H,3-6,10-14H2,1-2H3,(H2,22,23,25,27). The van der Waals surface area contributed by atoms with Crippen molar-refractivity contribution in [1.29, 1.82) is 0 Å². The molecule has 1 saturated heterocycles. The zero-order valence-corrected chi connectivity index (χ0v) is 17.2. The average Bonchev–Trinajstić information content (AvgIpc) is 2.65. The Morgan fingerprint density at radius 2 is 1.93 bits per heavy atom. The molecule has 2 amide bonds. The molecular formula is C21H31N3O2S. The number of anilines is 1. The zero-order valence-electron chi connectivity index (χ0n) is 16.4. The summed E-state index contributed by atoms with van der Waals surface area (Å²) in [5.41, 5.74) is 1.35. The molecule has 5 nitrogen and oxygen atoms in total. The molecule has 1 aromatic rings. The van der Waals surface area contributed by atoms with Gasteiger partial charge in [0.15, 0.2) is 5.11 Å². The van der Waals surface area contributed by atoms with Crippen molar-refractivity contribution in [3.63, 3.8) is 0 Å². The van der Waals surface area contributed by atoms with Crippen molar-refractivity contribution in [2.45, 2.75) is 58.8 Å². The molecule has 1 aromatic carbocycles. The lowest BCUT2D eigenvalue weighted by Crippen LogP contribution is -2.38. The number of nitrogens with zero attached hydrogens (tertiary/aromatic N) is 1. The maximum atomic E-state index is 12.7. The van der Waals surface area contributed by atoms with E-state index in [2.05, 4.69) is 24.5 Å². The summed E-state index contributed by atoms with van der Waals surface area (Å²) in [6.45, 7) is 5.99. The van der Waals surface area contributed by atoms with Crippen molar-refractivity contribution < 1.29 is 9.59 Å². The van der Waals surface area contributed by atoms with E-state index >= 15 is 0 Å². The van der Waals surface area contributed by atoms with Gasteiger partial charge in [0.25, 0.3) is 5.91 Å². The second-order valence-corrected chi connectivity index (χ2v) is 7.78. The normalized spacial score (nSPS) is 14.7. The SMILES string of the molecule is CCCCCCC(=O)NC(=S)Nc1cccc(C(=O)N2CCC(C)CC2)c1. The first-order chi connectivity index (χ1) is 13.0.